The molecule has 0 saturated heterocycles. The van der Waals surface area contributed by atoms with Crippen LogP contribution in [-0.4, -0.2) is 30.3 Å². The number of aromatic nitrogens is 1. The number of aryl methyl sites for hydroxylation is 1. The summed E-state index contributed by atoms with van der Waals surface area (Å²) in [5, 5.41) is 2.80. The molecule has 0 unspecified atom stereocenters. The van der Waals surface area contributed by atoms with Crippen molar-refractivity contribution in [1.29, 1.82) is 0 Å². The maximum atomic E-state index is 4.18. The second-order valence-corrected chi connectivity index (χ2v) is 3.32. The molecule has 0 aliphatic heterocycles. The van der Waals surface area contributed by atoms with Crippen molar-refractivity contribution in [3.8, 4) is 0 Å². The van der Waals surface area contributed by atoms with E-state index in [1.54, 1.807) is 17.7 Å². The van der Waals surface area contributed by atoms with E-state index in [0.717, 1.165) is 10.8 Å². The molecule has 4 heteroatoms. The van der Waals surface area contributed by atoms with Gasteiger partial charge in [0.25, 0.3) is 0 Å². The molecule has 0 bridgehead atoms. The Balaban J connectivity index is 2.64. The van der Waals surface area contributed by atoms with Crippen LogP contribution in [0.3, 0.4) is 0 Å². The van der Waals surface area contributed by atoms with E-state index in [0.29, 0.717) is 0 Å². The van der Waals surface area contributed by atoms with Crippen LogP contribution >= 0.6 is 11.3 Å². The van der Waals surface area contributed by atoms with E-state index in [2.05, 4.69) is 9.98 Å². The van der Waals surface area contributed by atoms with Gasteiger partial charge < -0.3 is 4.90 Å². The first-order valence-electron chi connectivity index (χ1n) is 3.31. The van der Waals surface area contributed by atoms with Crippen molar-refractivity contribution in [2.75, 3.05) is 14.1 Å². The Labute approximate surface area is 70.4 Å². The number of rotatable bonds is 2. The molecule has 0 amide bonds. The molecule has 0 radical (unpaired) electrons. The lowest BCUT2D eigenvalue weighted by Gasteiger charge is -1.99. The third kappa shape index (κ3) is 2.67. The number of nitrogens with zero attached hydrogens (tertiary/aromatic N) is 3. The Morgan fingerprint density at radius 1 is 1.64 bits per heavy atom. The lowest BCUT2D eigenvalue weighted by Crippen LogP contribution is -2.06. The lowest BCUT2D eigenvalue weighted by atomic mass is 10.6. The molecule has 0 saturated carbocycles. The van der Waals surface area contributed by atoms with E-state index in [-0.39, 0.29) is 0 Å². The highest BCUT2D eigenvalue weighted by atomic mass is 32.1. The average Bonchev–Trinajstić information content (AvgIpc) is 2.31. The van der Waals surface area contributed by atoms with Crippen LogP contribution in [0.2, 0.25) is 0 Å². The van der Waals surface area contributed by atoms with Gasteiger partial charge in [-0.05, 0) is 6.92 Å². The summed E-state index contributed by atoms with van der Waals surface area (Å²) >= 11 is 1.56. The molecule has 0 fully saturated rings. The summed E-state index contributed by atoms with van der Waals surface area (Å²) in [6.07, 6.45) is 1.75. The molecule has 3 nitrogen and oxygen atoms in total. The molecule has 0 N–H and O–H groups in total. The molecule has 0 aliphatic rings. The quantitative estimate of drug-likeness (QED) is 0.497. The van der Waals surface area contributed by atoms with Crippen LogP contribution in [0.5, 0.6) is 0 Å². The summed E-state index contributed by atoms with van der Waals surface area (Å²) in [5.41, 5.74) is 1.03. The molecule has 1 aromatic rings. The molecule has 1 heterocycles. The van der Waals surface area contributed by atoms with Crippen LogP contribution < -0.4 is 0 Å². The van der Waals surface area contributed by atoms with Crippen LogP contribution in [0.15, 0.2) is 10.4 Å². The van der Waals surface area contributed by atoms with Crippen molar-refractivity contribution in [2.24, 2.45) is 4.99 Å². The smallest absolute Gasteiger partial charge is 0.210 e. The molecule has 11 heavy (non-hydrogen) atoms. The molecule has 60 valence electrons. The second kappa shape index (κ2) is 3.48. The van der Waals surface area contributed by atoms with Crippen molar-refractivity contribution in [2.45, 2.75) is 6.92 Å². The van der Waals surface area contributed by atoms with Gasteiger partial charge in [0, 0.05) is 19.5 Å². The van der Waals surface area contributed by atoms with Gasteiger partial charge in [-0.15, -0.1) is 11.3 Å². The predicted octanol–water partition coefficient (Wildman–Crippen LogP) is 1.67. The molecular weight excluding hydrogens is 158 g/mol. The standard InChI is InChI=1S/C7H11N3S/c1-6-4-11-7(9-6)8-5-10(2)3/h4-5H,1-3H3/b8-5+. The van der Waals surface area contributed by atoms with Crippen molar-refractivity contribution in [3.05, 3.63) is 11.1 Å². The van der Waals surface area contributed by atoms with Crippen molar-refractivity contribution in [1.82, 2.24) is 9.88 Å². The van der Waals surface area contributed by atoms with Gasteiger partial charge in [0.1, 0.15) is 0 Å². The first-order valence-corrected chi connectivity index (χ1v) is 4.19. The summed E-state index contributed by atoms with van der Waals surface area (Å²) in [5.74, 6) is 0. The van der Waals surface area contributed by atoms with Crippen molar-refractivity contribution >= 4 is 22.8 Å². The van der Waals surface area contributed by atoms with Crippen molar-refractivity contribution in [3.63, 3.8) is 0 Å². The molecule has 1 aromatic heterocycles. The van der Waals surface area contributed by atoms with Crippen LogP contribution in [-0.2, 0) is 0 Å². The highest BCUT2D eigenvalue weighted by Gasteiger charge is 1.92. The molecular formula is C7H11N3S. The van der Waals surface area contributed by atoms with Gasteiger partial charge in [-0.25, -0.2) is 9.98 Å². The summed E-state index contributed by atoms with van der Waals surface area (Å²) in [6.45, 7) is 1.96. The second-order valence-electron chi connectivity index (χ2n) is 2.48. The summed E-state index contributed by atoms with van der Waals surface area (Å²) in [4.78, 5) is 10.2. The van der Waals surface area contributed by atoms with Gasteiger partial charge in [0.05, 0.1) is 12.0 Å². The minimum Gasteiger partial charge on any atom is -0.369 e. The van der Waals surface area contributed by atoms with Crippen molar-refractivity contribution < 1.29 is 0 Å². The third-order valence-corrected chi connectivity index (χ3v) is 1.87. The zero-order valence-corrected chi connectivity index (χ0v) is 7.72. The summed E-state index contributed by atoms with van der Waals surface area (Å²) in [7, 11) is 3.87. The number of aliphatic imine (C=N–C) groups is 1. The molecule has 0 atom stereocenters. The zero-order valence-electron chi connectivity index (χ0n) is 6.90. The largest absolute Gasteiger partial charge is 0.369 e. The zero-order chi connectivity index (χ0) is 8.27. The third-order valence-electron chi connectivity index (χ3n) is 1.01. The highest BCUT2D eigenvalue weighted by molar-refractivity contribution is 7.13. The summed E-state index contributed by atoms with van der Waals surface area (Å²) < 4.78 is 0. The van der Waals surface area contributed by atoms with E-state index in [4.69, 9.17) is 0 Å². The molecule has 0 spiro atoms. The van der Waals surface area contributed by atoms with Gasteiger partial charge in [-0.1, -0.05) is 0 Å². The van der Waals surface area contributed by atoms with Gasteiger partial charge in [0.2, 0.25) is 5.13 Å². The Bertz CT molecular complexity index is 252. The average molecular weight is 169 g/mol. The monoisotopic (exact) mass is 169 g/mol. The van der Waals surface area contributed by atoms with Crippen LogP contribution in [0.4, 0.5) is 5.13 Å². The highest BCUT2D eigenvalue weighted by Crippen LogP contribution is 2.16. The minimum absolute atomic E-state index is 0.816. The van der Waals surface area contributed by atoms with E-state index in [1.807, 2.05) is 31.3 Å². The fourth-order valence-electron chi connectivity index (χ4n) is 0.566. The van der Waals surface area contributed by atoms with E-state index < -0.39 is 0 Å². The fraction of sp³-hybridized carbons (Fsp3) is 0.429. The molecule has 1 rings (SSSR count). The summed E-state index contributed by atoms with van der Waals surface area (Å²) in [6, 6.07) is 0. The van der Waals surface area contributed by atoms with Gasteiger partial charge in [0.15, 0.2) is 0 Å². The van der Waals surface area contributed by atoms with Crippen LogP contribution in [0.25, 0.3) is 0 Å². The maximum Gasteiger partial charge on any atom is 0.210 e. The van der Waals surface area contributed by atoms with Gasteiger partial charge >= 0.3 is 0 Å². The van der Waals surface area contributed by atoms with E-state index in [1.165, 1.54) is 0 Å². The predicted molar refractivity (Wildman–Crippen MR) is 48.7 cm³/mol. The Morgan fingerprint density at radius 3 is 2.82 bits per heavy atom. The number of thiazole rings is 1. The van der Waals surface area contributed by atoms with Gasteiger partial charge in [-0.3, -0.25) is 0 Å². The Morgan fingerprint density at radius 2 is 2.36 bits per heavy atom. The van der Waals surface area contributed by atoms with E-state index >= 15 is 0 Å². The normalized spacial score (nSPS) is 10.8. The van der Waals surface area contributed by atoms with Crippen LogP contribution in [0.1, 0.15) is 5.69 Å². The molecule has 0 aromatic carbocycles. The first kappa shape index (κ1) is 8.20. The SMILES string of the molecule is Cc1csc(/N=C/N(C)C)n1. The van der Waals surface area contributed by atoms with Crippen LogP contribution in [0, 0.1) is 6.92 Å². The van der Waals surface area contributed by atoms with E-state index in [9.17, 15) is 0 Å². The maximum absolute atomic E-state index is 4.18. The van der Waals surface area contributed by atoms with Gasteiger partial charge in [-0.2, -0.15) is 0 Å². The number of hydrogen-bond acceptors (Lipinski definition) is 3. The number of hydrogen-bond donors (Lipinski definition) is 0. The fourth-order valence-corrected chi connectivity index (χ4v) is 1.20. The first-order chi connectivity index (χ1) is 5.18. The minimum atomic E-state index is 0.816. The topological polar surface area (TPSA) is 28.5 Å². The molecule has 0 aliphatic carbocycles. The lowest BCUT2D eigenvalue weighted by molar-refractivity contribution is 0.643. The Kier molecular flexibility index (Phi) is 2.59. The Hall–Kier alpha value is -0.900.